The lowest BCUT2D eigenvalue weighted by Crippen LogP contribution is -1.99. The zero-order chi connectivity index (χ0) is 11.0. The maximum atomic E-state index is 4.26. The van der Waals surface area contributed by atoms with Crippen LogP contribution in [0.1, 0.15) is 35.1 Å². The Morgan fingerprint density at radius 1 is 1.00 bits per heavy atom. The quantitative estimate of drug-likeness (QED) is 0.648. The zero-order valence-corrected chi connectivity index (χ0v) is 9.48. The van der Waals surface area contributed by atoms with Crippen LogP contribution in [0, 0.1) is 0 Å². The van der Waals surface area contributed by atoms with Crippen LogP contribution in [-0.4, -0.2) is 4.98 Å². The fraction of sp³-hybridized carbons (Fsp3) is 0.267. The maximum Gasteiger partial charge on any atom is 0.0308 e. The molecule has 0 saturated carbocycles. The first-order chi connectivity index (χ1) is 7.86. The SMILES string of the molecule is CC1c2ccccc2CCc2ccncc21. The summed E-state index contributed by atoms with van der Waals surface area (Å²) >= 11 is 0. The molecule has 80 valence electrons. The molecule has 0 spiro atoms. The van der Waals surface area contributed by atoms with E-state index in [9.17, 15) is 0 Å². The minimum absolute atomic E-state index is 0.474. The Hall–Kier alpha value is -1.63. The van der Waals surface area contributed by atoms with E-state index in [2.05, 4.69) is 42.2 Å². The van der Waals surface area contributed by atoms with Gasteiger partial charge < -0.3 is 0 Å². The number of aromatic nitrogens is 1. The van der Waals surface area contributed by atoms with E-state index in [0.717, 1.165) is 12.8 Å². The van der Waals surface area contributed by atoms with Crippen molar-refractivity contribution in [2.75, 3.05) is 0 Å². The standard InChI is InChI=1S/C15H15N/c1-11-14-5-3-2-4-12(14)6-7-13-8-9-16-10-15(11)13/h2-5,8-11H,6-7H2,1H3. The first-order valence-electron chi connectivity index (χ1n) is 5.87. The Kier molecular flexibility index (Phi) is 2.24. The molecule has 0 saturated heterocycles. The Balaban J connectivity index is 2.18. The average molecular weight is 209 g/mol. The third-order valence-corrected chi connectivity index (χ3v) is 3.60. The molecule has 1 aliphatic rings. The van der Waals surface area contributed by atoms with Crippen LogP contribution in [0.25, 0.3) is 0 Å². The lowest BCUT2D eigenvalue weighted by atomic mass is 9.91. The molecule has 2 aromatic rings. The van der Waals surface area contributed by atoms with Crippen LogP contribution in [0.15, 0.2) is 42.7 Å². The summed E-state index contributed by atoms with van der Waals surface area (Å²) in [5.41, 5.74) is 5.81. The molecule has 3 rings (SSSR count). The molecule has 0 fully saturated rings. The van der Waals surface area contributed by atoms with Gasteiger partial charge >= 0.3 is 0 Å². The molecule has 0 aliphatic heterocycles. The smallest absolute Gasteiger partial charge is 0.0308 e. The molecule has 0 amide bonds. The second-order valence-corrected chi connectivity index (χ2v) is 4.49. The van der Waals surface area contributed by atoms with E-state index in [1.165, 1.54) is 22.3 Å². The number of benzene rings is 1. The zero-order valence-electron chi connectivity index (χ0n) is 9.48. The highest BCUT2D eigenvalue weighted by molar-refractivity contribution is 5.42. The van der Waals surface area contributed by atoms with Gasteiger partial charge in [0.15, 0.2) is 0 Å². The summed E-state index contributed by atoms with van der Waals surface area (Å²) in [6.07, 6.45) is 6.22. The highest BCUT2D eigenvalue weighted by Gasteiger charge is 2.19. The van der Waals surface area contributed by atoms with E-state index in [1.54, 1.807) is 0 Å². The van der Waals surface area contributed by atoms with Gasteiger partial charge in [-0.25, -0.2) is 0 Å². The number of aryl methyl sites for hydroxylation is 2. The van der Waals surface area contributed by atoms with Crippen molar-refractivity contribution >= 4 is 0 Å². The van der Waals surface area contributed by atoms with E-state index in [0.29, 0.717) is 5.92 Å². The Morgan fingerprint density at radius 3 is 2.62 bits per heavy atom. The predicted octanol–water partition coefficient (Wildman–Crippen LogP) is 3.33. The van der Waals surface area contributed by atoms with Crippen molar-refractivity contribution < 1.29 is 0 Å². The van der Waals surface area contributed by atoms with Gasteiger partial charge in [-0.3, -0.25) is 4.98 Å². The van der Waals surface area contributed by atoms with Gasteiger partial charge in [0.05, 0.1) is 0 Å². The molecule has 1 aliphatic carbocycles. The van der Waals surface area contributed by atoms with Crippen molar-refractivity contribution in [2.24, 2.45) is 0 Å². The van der Waals surface area contributed by atoms with Crippen molar-refractivity contribution in [3.63, 3.8) is 0 Å². The molecule has 1 heteroatoms. The largest absolute Gasteiger partial charge is 0.264 e. The van der Waals surface area contributed by atoms with E-state index < -0.39 is 0 Å². The Morgan fingerprint density at radius 2 is 1.75 bits per heavy atom. The van der Waals surface area contributed by atoms with Crippen LogP contribution >= 0.6 is 0 Å². The molecule has 1 nitrogen and oxygen atoms in total. The van der Waals surface area contributed by atoms with Crippen molar-refractivity contribution in [3.8, 4) is 0 Å². The maximum absolute atomic E-state index is 4.26. The first-order valence-corrected chi connectivity index (χ1v) is 5.87. The molecular formula is C15H15N. The number of hydrogen-bond acceptors (Lipinski definition) is 1. The van der Waals surface area contributed by atoms with Gasteiger partial charge in [-0.2, -0.15) is 0 Å². The van der Waals surface area contributed by atoms with Gasteiger partial charge in [-0.1, -0.05) is 31.2 Å². The third-order valence-electron chi connectivity index (χ3n) is 3.60. The topological polar surface area (TPSA) is 12.9 Å². The minimum atomic E-state index is 0.474. The van der Waals surface area contributed by atoms with Crippen LogP contribution in [0.4, 0.5) is 0 Å². The van der Waals surface area contributed by atoms with Crippen molar-refractivity contribution in [1.82, 2.24) is 4.98 Å². The number of fused-ring (bicyclic) bond motifs is 2. The van der Waals surface area contributed by atoms with Crippen LogP contribution < -0.4 is 0 Å². The van der Waals surface area contributed by atoms with E-state index in [1.807, 2.05) is 12.4 Å². The molecular weight excluding hydrogens is 194 g/mol. The minimum Gasteiger partial charge on any atom is -0.264 e. The fourth-order valence-electron chi connectivity index (χ4n) is 2.67. The van der Waals surface area contributed by atoms with Gasteiger partial charge in [0, 0.05) is 18.3 Å². The summed E-state index contributed by atoms with van der Waals surface area (Å²) in [5.74, 6) is 0.474. The molecule has 0 N–H and O–H groups in total. The average Bonchev–Trinajstić information content (AvgIpc) is 2.49. The summed E-state index contributed by atoms with van der Waals surface area (Å²) < 4.78 is 0. The van der Waals surface area contributed by atoms with Gasteiger partial charge in [0.1, 0.15) is 0 Å². The molecule has 1 aromatic carbocycles. The molecule has 16 heavy (non-hydrogen) atoms. The van der Waals surface area contributed by atoms with Crippen molar-refractivity contribution in [1.29, 1.82) is 0 Å². The highest BCUT2D eigenvalue weighted by Crippen LogP contribution is 2.32. The fourth-order valence-corrected chi connectivity index (χ4v) is 2.67. The van der Waals surface area contributed by atoms with E-state index in [4.69, 9.17) is 0 Å². The summed E-state index contributed by atoms with van der Waals surface area (Å²) in [6, 6.07) is 10.9. The molecule has 1 unspecified atom stereocenters. The van der Waals surface area contributed by atoms with Crippen molar-refractivity contribution in [2.45, 2.75) is 25.7 Å². The summed E-state index contributed by atoms with van der Waals surface area (Å²) in [5, 5.41) is 0. The summed E-state index contributed by atoms with van der Waals surface area (Å²) in [6.45, 7) is 2.28. The number of hydrogen-bond donors (Lipinski definition) is 0. The number of pyridine rings is 1. The van der Waals surface area contributed by atoms with Crippen LogP contribution in [0.3, 0.4) is 0 Å². The second-order valence-electron chi connectivity index (χ2n) is 4.49. The lowest BCUT2D eigenvalue weighted by Gasteiger charge is -2.14. The normalized spacial score (nSPS) is 18.4. The number of nitrogens with zero attached hydrogens (tertiary/aromatic N) is 1. The van der Waals surface area contributed by atoms with Crippen LogP contribution in [0.5, 0.6) is 0 Å². The summed E-state index contributed by atoms with van der Waals surface area (Å²) in [4.78, 5) is 4.26. The molecule has 0 radical (unpaired) electrons. The second kappa shape index (κ2) is 3.75. The molecule has 1 atom stereocenters. The van der Waals surface area contributed by atoms with Gasteiger partial charge in [0.25, 0.3) is 0 Å². The molecule has 1 heterocycles. The lowest BCUT2D eigenvalue weighted by molar-refractivity contribution is 0.901. The highest BCUT2D eigenvalue weighted by atomic mass is 14.6. The van der Waals surface area contributed by atoms with Gasteiger partial charge in [-0.05, 0) is 41.2 Å². The van der Waals surface area contributed by atoms with Crippen LogP contribution in [-0.2, 0) is 12.8 Å². The van der Waals surface area contributed by atoms with E-state index >= 15 is 0 Å². The van der Waals surface area contributed by atoms with Gasteiger partial charge in [0.2, 0.25) is 0 Å². The van der Waals surface area contributed by atoms with E-state index in [-0.39, 0.29) is 0 Å². The molecule has 1 aromatic heterocycles. The first kappa shape index (κ1) is 9.59. The van der Waals surface area contributed by atoms with Crippen molar-refractivity contribution in [3.05, 3.63) is 65.0 Å². The summed E-state index contributed by atoms with van der Waals surface area (Å²) in [7, 11) is 0. The monoisotopic (exact) mass is 209 g/mol. The predicted molar refractivity (Wildman–Crippen MR) is 65.6 cm³/mol. The third kappa shape index (κ3) is 1.44. The Labute approximate surface area is 96.2 Å². The van der Waals surface area contributed by atoms with Gasteiger partial charge in [-0.15, -0.1) is 0 Å². The molecule has 0 bridgehead atoms. The Bertz CT molecular complexity index is 469. The van der Waals surface area contributed by atoms with Crippen LogP contribution in [0.2, 0.25) is 0 Å². The number of rotatable bonds is 0.